The fourth-order valence-corrected chi connectivity index (χ4v) is 3.01. The summed E-state index contributed by atoms with van der Waals surface area (Å²) in [6.07, 6.45) is 10.1. The van der Waals surface area contributed by atoms with Crippen LogP contribution in [0.2, 0.25) is 0 Å². The van der Waals surface area contributed by atoms with Gasteiger partial charge in [0.15, 0.2) is 34.6 Å². The lowest BCUT2D eigenvalue weighted by Gasteiger charge is -2.16. The minimum atomic E-state index is -0.110. The van der Waals surface area contributed by atoms with Gasteiger partial charge in [0, 0.05) is 23.3 Å². The van der Waals surface area contributed by atoms with Gasteiger partial charge in [-0.05, 0) is 24.0 Å². The predicted octanol–water partition coefficient (Wildman–Crippen LogP) is 2.82. The Bertz CT molecular complexity index is 793. The number of fused-ring (bicyclic) bond motifs is 2. The van der Waals surface area contributed by atoms with Crippen molar-refractivity contribution in [1.82, 2.24) is 0 Å². The van der Waals surface area contributed by atoms with E-state index < -0.39 is 0 Å². The average molecular weight is 354 g/mol. The summed E-state index contributed by atoms with van der Waals surface area (Å²) in [7, 11) is 0. The lowest BCUT2D eigenvalue weighted by atomic mass is 9.88. The van der Waals surface area contributed by atoms with Crippen LogP contribution < -0.4 is 0 Å². The van der Waals surface area contributed by atoms with Crippen molar-refractivity contribution in [3.8, 4) is 0 Å². The van der Waals surface area contributed by atoms with Gasteiger partial charge in [-0.3, -0.25) is 9.59 Å². The molecule has 0 bridgehead atoms. The molecule has 0 N–H and O–H groups in total. The van der Waals surface area contributed by atoms with E-state index in [-0.39, 0.29) is 37.0 Å². The molecule has 4 rings (SSSR count). The number of hydrogen-bond donors (Lipinski definition) is 0. The Hall–Kier alpha value is -3.02. The SMILES string of the molecule is C[C@@H](/C=C1\C=C2OCOC2=CC1=O)[C@@H](C)/C=C1\C=C2OCOC2=CC1=O. The second-order valence-corrected chi connectivity index (χ2v) is 6.54. The summed E-state index contributed by atoms with van der Waals surface area (Å²) in [5.41, 5.74) is 1.13. The maximum atomic E-state index is 12.2. The van der Waals surface area contributed by atoms with Crippen molar-refractivity contribution >= 4 is 11.6 Å². The summed E-state index contributed by atoms with van der Waals surface area (Å²) in [5, 5.41) is 0. The number of ether oxygens (including phenoxy) is 4. The summed E-state index contributed by atoms with van der Waals surface area (Å²) < 4.78 is 21.1. The van der Waals surface area contributed by atoms with E-state index in [4.69, 9.17) is 18.9 Å². The molecule has 0 aromatic heterocycles. The van der Waals surface area contributed by atoms with Crippen LogP contribution in [0.1, 0.15) is 13.8 Å². The Morgan fingerprint density at radius 2 is 1.04 bits per heavy atom. The van der Waals surface area contributed by atoms with E-state index in [1.165, 1.54) is 12.2 Å². The van der Waals surface area contributed by atoms with Crippen molar-refractivity contribution in [3.63, 3.8) is 0 Å². The van der Waals surface area contributed by atoms with E-state index in [1.54, 1.807) is 12.2 Å². The summed E-state index contributed by atoms with van der Waals surface area (Å²) in [5.74, 6) is 1.98. The van der Waals surface area contributed by atoms with Crippen LogP contribution in [0.15, 0.2) is 70.6 Å². The number of carbonyl (C=O) groups is 2. The van der Waals surface area contributed by atoms with Crippen LogP contribution in [0, 0.1) is 11.8 Å². The van der Waals surface area contributed by atoms with Crippen LogP contribution in [0.4, 0.5) is 0 Å². The molecule has 0 saturated carbocycles. The fraction of sp³-hybridized carbons (Fsp3) is 0.300. The molecule has 134 valence electrons. The normalized spacial score (nSPS) is 26.4. The molecule has 2 atom stereocenters. The minimum Gasteiger partial charge on any atom is -0.454 e. The van der Waals surface area contributed by atoms with Gasteiger partial charge in [-0.15, -0.1) is 0 Å². The third-order valence-corrected chi connectivity index (χ3v) is 4.72. The third kappa shape index (κ3) is 2.98. The van der Waals surface area contributed by atoms with Gasteiger partial charge in [-0.1, -0.05) is 26.0 Å². The van der Waals surface area contributed by atoms with Gasteiger partial charge < -0.3 is 18.9 Å². The molecule has 0 unspecified atom stereocenters. The molecular formula is C20H18O6. The van der Waals surface area contributed by atoms with Crippen LogP contribution in [-0.4, -0.2) is 25.2 Å². The lowest BCUT2D eigenvalue weighted by molar-refractivity contribution is -0.112. The fourth-order valence-electron chi connectivity index (χ4n) is 3.01. The maximum Gasteiger partial charge on any atom is 0.231 e. The topological polar surface area (TPSA) is 71.1 Å². The van der Waals surface area contributed by atoms with Crippen LogP contribution in [-0.2, 0) is 28.5 Å². The Morgan fingerprint density at radius 1 is 0.692 bits per heavy atom. The zero-order chi connectivity index (χ0) is 18.3. The second-order valence-electron chi connectivity index (χ2n) is 6.54. The van der Waals surface area contributed by atoms with Crippen LogP contribution in [0.3, 0.4) is 0 Å². The van der Waals surface area contributed by atoms with E-state index >= 15 is 0 Å². The first-order valence-electron chi connectivity index (χ1n) is 8.42. The van der Waals surface area contributed by atoms with Crippen molar-refractivity contribution in [3.05, 3.63) is 70.6 Å². The zero-order valence-corrected chi connectivity index (χ0v) is 14.5. The first-order chi connectivity index (χ1) is 12.5. The molecule has 0 amide bonds. The Labute approximate surface area is 150 Å². The highest BCUT2D eigenvalue weighted by atomic mass is 16.7. The summed E-state index contributed by atoms with van der Waals surface area (Å²) in [4.78, 5) is 24.4. The Balaban J connectivity index is 1.53. The second kappa shape index (κ2) is 6.37. The van der Waals surface area contributed by atoms with E-state index in [9.17, 15) is 9.59 Å². The van der Waals surface area contributed by atoms with Crippen LogP contribution in [0.5, 0.6) is 0 Å². The van der Waals surface area contributed by atoms with E-state index in [1.807, 2.05) is 26.0 Å². The smallest absolute Gasteiger partial charge is 0.231 e. The molecule has 2 aliphatic carbocycles. The highest BCUT2D eigenvalue weighted by molar-refractivity contribution is 6.08. The average Bonchev–Trinajstić information content (AvgIpc) is 3.23. The van der Waals surface area contributed by atoms with Crippen LogP contribution in [0.25, 0.3) is 0 Å². The largest absolute Gasteiger partial charge is 0.454 e. The van der Waals surface area contributed by atoms with Crippen molar-refractivity contribution < 1.29 is 28.5 Å². The molecule has 2 saturated heterocycles. The molecule has 0 aromatic rings. The van der Waals surface area contributed by atoms with E-state index in [2.05, 4.69) is 0 Å². The molecule has 6 nitrogen and oxygen atoms in total. The molecule has 0 aromatic carbocycles. The molecular weight excluding hydrogens is 336 g/mol. The van der Waals surface area contributed by atoms with Crippen molar-refractivity contribution in [2.45, 2.75) is 13.8 Å². The summed E-state index contributed by atoms with van der Waals surface area (Å²) >= 11 is 0. The third-order valence-electron chi connectivity index (χ3n) is 4.72. The zero-order valence-electron chi connectivity index (χ0n) is 14.5. The van der Waals surface area contributed by atoms with Gasteiger partial charge in [0.2, 0.25) is 13.6 Å². The number of hydrogen-bond acceptors (Lipinski definition) is 6. The Kier molecular flexibility index (Phi) is 4.03. The molecule has 26 heavy (non-hydrogen) atoms. The van der Waals surface area contributed by atoms with Crippen molar-refractivity contribution in [2.75, 3.05) is 13.6 Å². The molecule has 2 heterocycles. The first-order valence-corrected chi connectivity index (χ1v) is 8.42. The molecule has 2 aliphatic heterocycles. The van der Waals surface area contributed by atoms with Gasteiger partial charge >= 0.3 is 0 Å². The van der Waals surface area contributed by atoms with E-state index in [0.29, 0.717) is 34.2 Å². The Morgan fingerprint density at radius 3 is 1.42 bits per heavy atom. The standard InChI is InChI=1S/C20H18O6/c1-11(3-13-5-17-19(7-15(13)21)25-9-23-17)12(2)4-14-6-18-20(8-16(14)22)26-10-24-18/h3-8,11-12H,9-10H2,1-2H3/b13-3+,14-4+/t11-,12-/m0/s1. The number of allylic oxidation sites excluding steroid dienone is 8. The lowest BCUT2D eigenvalue weighted by Crippen LogP contribution is -2.12. The van der Waals surface area contributed by atoms with Crippen molar-refractivity contribution in [2.24, 2.45) is 11.8 Å². The molecule has 2 fully saturated rings. The molecule has 0 radical (unpaired) electrons. The molecule has 4 aliphatic rings. The summed E-state index contributed by atoms with van der Waals surface area (Å²) in [6.45, 7) is 4.27. The van der Waals surface area contributed by atoms with Crippen molar-refractivity contribution in [1.29, 1.82) is 0 Å². The number of ketones is 2. The van der Waals surface area contributed by atoms with Gasteiger partial charge in [-0.2, -0.15) is 0 Å². The minimum absolute atomic E-state index is 0.0351. The van der Waals surface area contributed by atoms with Gasteiger partial charge in [-0.25, -0.2) is 0 Å². The van der Waals surface area contributed by atoms with E-state index in [0.717, 1.165) is 0 Å². The first kappa shape index (κ1) is 16.4. The highest BCUT2D eigenvalue weighted by Crippen LogP contribution is 2.31. The quantitative estimate of drug-likeness (QED) is 0.726. The van der Waals surface area contributed by atoms with Gasteiger partial charge in [0.1, 0.15) is 0 Å². The maximum absolute atomic E-state index is 12.2. The number of carbonyl (C=O) groups excluding carboxylic acids is 2. The van der Waals surface area contributed by atoms with Gasteiger partial charge in [0.05, 0.1) is 0 Å². The highest BCUT2D eigenvalue weighted by Gasteiger charge is 2.27. The summed E-state index contributed by atoms with van der Waals surface area (Å²) in [6, 6.07) is 0. The van der Waals surface area contributed by atoms with Gasteiger partial charge in [0.25, 0.3) is 0 Å². The predicted molar refractivity (Wildman–Crippen MR) is 90.9 cm³/mol. The molecule has 0 spiro atoms. The monoisotopic (exact) mass is 354 g/mol. The number of rotatable bonds is 3. The van der Waals surface area contributed by atoms with Crippen LogP contribution >= 0.6 is 0 Å². The molecule has 6 heteroatoms.